The molecule has 4 aromatic carbocycles. The molecule has 9 heteroatoms. The van der Waals surface area contributed by atoms with Gasteiger partial charge >= 0.3 is 6.11 Å². The zero-order chi connectivity index (χ0) is 27.6. The second-order valence-corrected chi connectivity index (χ2v) is 8.64. The lowest BCUT2D eigenvalue weighted by Gasteiger charge is -2.20. The fourth-order valence-corrected chi connectivity index (χ4v) is 3.90. The lowest BCUT2D eigenvalue weighted by atomic mass is 9.98. The highest BCUT2D eigenvalue weighted by atomic mass is 19.3. The summed E-state index contributed by atoms with van der Waals surface area (Å²) < 4.78 is 117. The average Bonchev–Trinajstić information content (AvgIpc) is 2.88. The summed E-state index contributed by atoms with van der Waals surface area (Å²) in [5, 5.41) is 0. The van der Waals surface area contributed by atoms with Gasteiger partial charge in [-0.25, -0.2) is 26.3 Å². The molecule has 1 nitrogen and oxygen atoms in total. The molecule has 0 heterocycles. The van der Waals surface area contributed by atoms with Gasteiger partial charge in [0.25, 0.3) is 0 Å². The van der Waals surface area contributed by atoms with Gasteiger partial charge in [-0.3, -0.25) is 0 Å². The van der Waals surface area contributed by atoms with Crippen LogP contribution in [0.1, 0.15) is 30.9 Å². The molecule has 0 spiro atoms. The monoisotopic (exact) mass is 536 g/mol. The van der Waals surface area contributed by atoms with Gasteiger partial charge in [-0.05, 0) is 65.4 Å². The molecule has 0 aliphatic carbocycles. The minimum absolute atomic E-state index is 0.0573. The molecular weight excluding hydrogens is 516 g/mol. The SMILES string of the molecule is CCCCc1ccc(-c2ccc(-c3cc(F)c(OC(F)(F)c4cc(F)c(F)c(F)c4)c(F)c3)c(F)c2)cc1. The quantitative estimate of drug-likeness (QED) is 0.161. The Balaban J connectivity index is 1.60. The van der Waals surface area contributed by atoms with Crippen molar-refractivity contribution in [3.8, 4) is 28.0 Å². The van der Waals surface area contributed by atoms with Crippen molar-refractivity contribution >= 4 is 0 Å². The van der Waals surface area contributed by atoms with E-state index in [4.69, 9.17) is 0 Å². The van der Waals surface area contributed by atoms with E-state index in [1.54, 1.807) is 6.07 Å². The number of unbranched alkanes of at least 4 members (excludes halogenated alkanes) is 1. The van der Waals surface area contributed by atoms with Crippen molar-refractivity contribution in [1.29, 1.82) is 0 Å². The van der Waals surface area contributed by atoms with E-state index in [0.29, 0.717) is 17.7 Å². The summed E-state index contributed by atoms with van der Waals surface area (Å²) >= 11 is 0. The Morgan fingerprint density at radius 3 is 1.74 bits per heavy atom. The van der Waals surface area contributed by atoms with Crippen LogP contribution in [0.5, 0.6) is 5.75 Å². The minimum atomic E-state index is -4.63. The maximum Gasteiger partial charge on any atom is 0.427 e. The van der Waals surface area contributed by atoms with Crippen molar-refractivity contribution in [3.05, 3.63) is 113 Å². The molecule has 0 N–H and O–H groups in total. The summed E-state index contributed by atoms with van der Waals surface area (Å²) in [6.07, 6.45) is -1.61. The molecule has 4 aromatic rings. The largest absolute Gasteiger partial charge is 0.427 e. The van der Waals surface area contributed by atoms with E-state index in [0.717, 1.165) is 30.4 Å². The predicted octanol–water partition coefficient (Wildman–Crippen LogP) is 9.33. The van der Waals surface area contributed by atoms with E-state index >= 15 is 0 Å². The highest BCUT2D eigenvalue weighted by Crippen LogP contribution is 2.38. The molecule has 38 heavy (non-hydrogen) atoms. The van der Waals surface area contributed by atoms with Crippen molar-refractivity contribution in [1.82, 2.24) is 0 Å². The van der Waals surface area contributed by atoms with Crippen molar-refractivity contribution in [2.24, 2.45) is 0 Å². The van der Waals surface area contributed by atoms with Crippen molar-refractivity contribution in [3.63, 3.8) is 0 Å². The van der Waals surface area contributed by atoms with Crippen molar-refractivity contribution < 1.29 is 39.9 Å². The highest BCUT2D eigenvalue weighted by molar-refractivity contribution is 5.71. The van der Waals surface area contributed by atoms with E-state index < -0.39 is 52.3 Å². The van der Waals surface area contributed by atoms with Gasteiger partial charge in [-0.15, -0.1) is 0 Å². The van der Waals surface area contributed by atoms with Gasteiger partial charge in [0, 0.05) is 5.56 Å². The summed E-state index contributed by atoms with van der Waals surface area (Å²) in [6.45, 7) is 2.09. The minimum Gasteiger partial charge on any atom is -0.423 e. The molecule has 0 amide bonds. The number of halogens is 8. The molecule has 0 saturated heterocycles. The Kier molecular flexibility index (Phi) is 7.76. The molecule has 198 valence electrons. The third-order valence-electron chi connectivity index (χ3n) is 5.93. The average molecular weight is 536 g/mol. The molecule has 0 aliphatic rings. The molecule has 4 rings (SSSR count). The van der Waals surface area contributed by atoms with Crippen molar-refractivity contribution in [2.75, 3.05) is 0 Å². The van der Waals surface area contributed by atoms with E-state index in [1.807, 2.05) is 24.3 Å². The number of benzene rings is 4. The first-order chi connectivity index (χ1) is 18.0. The molecule has 0 aliphatic heterocycles. The Hall–Kier alpha value is -3.88. The molecular formula is C29H20F8O. The molecule has 0 saturated carbocycles. The van der Waals surface area contributed by atoms with Crippen LogP contribution in [0, 0.1) is 34.9 Å². The van der Waals surface area contributed by atoms with Gasteiger partial charge < -0.3 is 4.74 Å². The normalized spacial score (nSPS) is 11.6. The van der Waals surface area contributed by atoms with Crippen molar-refractivity contribution in [2.45, 2.75) is 32.3 Å². The van der Waals surface area contributed by atoms with Crippen LogP contribution in [0.2, 0.25) is 0 Å². The van der Waals surface area contributed by atoms with E-state index in [1.165, 1.54) is 12.1 Å². The lowest BCUT2D eigenvalue weighted by molar-refractivity contribution is -0.188. The van der Waals surface area contributed by atoms with Crippen LogP contribution >= 0.6 is 0 Å². The van der Waals surface area contributed by atoms with Crippen LogP contribution in [-0.4, -0.2) is 0 Å². The Bertz CT molecular complexity index is 1420. The number of aryl methyl sites for hydroxylation is 1. The fraction of sp³-hybridized carbons (Fsp3) is 0.172. The van der Waals surface area contributed by atoms with Gasteiger partial charge in [-0.2, -0.15) is 8.78 Å². The number of hydrogen-bond donors (Lipinski definition) is 0. The number of alkyl halides is 2. The van der Waals surface area contributed by atoms with Crippen LogP contribution in [0.4, 0.5) is 35.1 Å². The zero-order valence-corrected chi connectivity index (χ0v) is 19.9. The van der Waals surface area contributed by atoms with E-state index in [-0.39, 0.29) is 23.3 Å². The van der Waals surface area contributed by atoms with E-state index in [9.17, 15) is 35.1 Å². The Morgan fingerprint density at radius 1 is 0.632 bits per heavy atom. The molecule has 0 atom stereocenters. The molecule has 0 fully saturated rings. The van der Waals surface area contributed by atoms with E-state index in [2.05, 4.69) is 11.7 Å². The van der Waals surface area contributed by atoms with Gasteiger partial charge in [0.1, 0.15) is 5.82 Å². The lowest BCUT2D eigenvalue weighted by Crippen LogP contribution is -2.24. The smallest absolute Gasteiger partial charge is 0.423 e. The van der Waals surface area contributed by atoms with Gasteiger partial charge in [0.15, 0.2) is 34.8 Å². The van der Waals surface area contributed by atoms with Crippen LogP contribution < -0.4 is 4.74 Å². The maximum absolute atomic E-state index is 14.9. The zero-order valence-electron chi connectivity index (χ0n) is 19.9. The van der Waals surface area contributed by atoms with Crippen LogP contribution in [0.3, 0.4) is 0 Å². The second-order valence-electron chi connectivity index (χ2n) is 8.64. The first kappa shape index (κ1) is 27.2. The van der Waals surface area contributed by atoms with Gasteiger partial charge in [0.05, 0.1) is 5.56 Å². The molecule has 0 unspecified atom stereocenters. The summed E-state index contributed by atoms with van der Waals surface area (Å²) in [7, 11) is 0. The first-order valence-electron chi connectivity index (χ1n) is 11.6. The standard InChI is InChI=1S/C29H20F8O/c1-2-3-4-16-5-7-17(8-6-16)18-9-10-21(22(30)11-18)19-12-25(33)28(26(34)13-19)38-29(36,37)20-14-23(31)27(35)24(32)15-20/h5-15H,2-4H2,1H3. The third-order valence-corrected chi connectivity index (χ3v) is 5.93. The summed E-state index contributed by atoms with van der Waals surface area (Å²) in [5.74, 6) is -11.5. The van der Waals surface area contributed by atoms with Crippen LogP contribution in [-0.2, 0) is 12.5 Å². The molecule has 0 radical (unpaired) electrons. The maximum atomic E-state index is 14.9. The Morgan fingerprint density at radius 2 is 1.18 bits per heavy atom. The Labute approximate surface area is 213 Å². The number of rotatable bonds is 8. The number of ether oxygens (including phenoxy) is 1. The van der Waals surface area contributed by atoms with Gasteiger partial charge in [-0.1, -0.05) is 49.7 Å². The highest BCUT2D eigenvalue weighted by Gasteiger charge is 2.38. The number of hydrogen-bond acceptors (Lipinski definition) is 1. The topological polar surface area (TPSA) is 9.23 Å². The summed E-state index contributed by atoms with van der Waals surface area (Å²) in [5.41, 5.74) is 0.388. The summed E-state index contributed by atoms with van der Waals surface area (Å²) in [4.78, 5) is 0. The third kappa shape index (κ3) is 5.66. The van der Waals surface area contributed by atoms with Crippen LogP contribution in [0.15, 0.2) is 66.7 Å². The molecule has 0 bridgehead atoms. The first-order valence-corrected chi connectivity index (χ1v) is 11.6. The summed E-state index contributed by atoms with van der Waals surface area (Å²) in [6, 6.07) is 12.6. The van der Waals surface area contributed by atoms with Gasteiger partial charge in [0.2, 0.25) is 0 Å². The van der Waals surface area contributed by atoms with Crippen LogP contribution in [0.25, 0.3) is 22.3 Å². The predicted molar refractivity (Wildman–Crippen MR) is 127 cm³/mol. The molecule has 0 aromatic heterocycles. The second kappa shape index (κ2) is 10.8. The fourth-order valence-electron chi connectivity index (χ4n) is 3.90.